The average Bonchev–Trinajstić information content (AvgIpc) is 2.32. The molecule has 1 heteroatoms. The van der Waals surface area contributed by atoms with Crippen molar-refractivity contribution in [1.29, 1.82) is 0 Å². The molecule has 0 amide bonds. The molecule has 0 aliphatic heterocycles. The number of rotatable bonds is 5. The van der Waals surface area contributed by atoms with E-state index in [0.29, 0.717) is 0 Å². The Hall–Kier alpha value is -0.820. The Balaban J connectivity index is 0.00000106. The quantitative estimate of drug-likeness (QED) is 0.790. The fraction of sp³-hybridized carbons (Fsp3) is 0.600. The Morgan fingerprint density at radius 3 is 1.75 bits per heavy atom. The van der Waals surface area contributed by atoms with Crippen LogP contribution in [0.15, 0.2) is 24.3 Å². The van der Waals surface area contributed by atoms with Crippen molar-refractivity contribution in [3.8, 4) is 0 Å². The van der Waals surface area contributed by atoms with Gasteiger partial charge in [0.25, 0.3) is 0 Å². The number of hydrogen-bond acceptors (Lipinski definition) is 1. The molecule has 0 heterocycles. The topological polar surface area (TPSA) is 26.0 Å². The zero-order valence-corrected chi connectivity index (χ0v) is 11.3. The first-order valence-electron chi connectivity index (χ1n) is 6.42. The van der Waals surface area contributed by atoms with E-state index in [4.69, 9.17) is 0 Å². The molecule has 1 rings (SSSR count). The van der Waals surface area contributed by atoms with Crippen LogP contribution in [0.1, 0.15) is 56.6 Å². The Morgan fingerprint density at radius 1 is 0.938 bits per heavy atom. The Labute approximate surface area is 101 Å². The molecule has 0 aliphatic carbocycles. The number of hydrogen-bond donors (Lipinski definition) is 1. The third kappa shape index (κ3) is 5.32. The van der Waals surface area contributed by atoms with E-state index in [1.807, 2.05) is 0 Å². The van der Waals surface area contributed by atoms with E-state index in [1.54, 1.807) is 0 Å². The zero-order chi connectivity index (χ0) is 12.4. The molecular weight excluding hydrogens is 194 g/mol. The molecule has 0 saturated carbocycles. The Morgan fingerprint density at radius 2 is 1.38 bits per heavy atom. The molecule has 0 bridgehead atoms. The van der Waals surface area contributed by atoms with Gasteiger partial charge in [0.1, 0.15) is 0 Å². The van der Waals surface area contributed by atoms with Gasteiger partial charge < -0.3 is 5.73 Å². The average molecular weight is 221 g/mol. The summed E-state index contributed by atoms with van der Waals surface area (Å²) in [6, 6.07) is 9.05. The predicted molar refractivity (Wildman–Crippen MR) is 73.8 cm³/mol. The van der Waals surface area contributed by atoms with Crippen molar-refractivity contribution < 1.29 is 0 Å². The van der Waals surface area contributed by atoms with Gasteiger partial charge in [0.05, 0.1) is 0 Å². The monoisotopic (exact) mass is 221 g/mol. The van der Waals surface area contributed by atoms with Crippen molar-refractivity contribution in [3.63, 3.8) is 0 Å². The van der Waals surface area contributed by atoms with Gasteiger partial charge in [-0.1, -0.05) is 56.5 Å². The summed E-state index contributed by atoms with van der Waals surface area (Å²) >= 11 is 0. The van der Waals surface area contributed by atoms with Gasteiger partial charge >= 0.3 is 0 Å². The van der Waals surface area contributed by atoms with Crippen molar-refractivity contribution in [2.24, 2.45) is 5.73 Å². The van der Waals surface area contributed by atoms with E-state index < -0.39 is 0 Å². The van der Waals surface area contributed by atoms with Crippen LogP contribution in [-0.2, 0) is 0 Å². The first-order chi connectivity index (χ1) is 7.77. The molecule has 16 heavy (non-hydrogen) atoms. The van der Waals surface area contributed by atoms with E-state index in [2.05, 4.69) is 50.8 Å². The highest BCUT2D eigenvalue weighted by Gasteiger charge is 2.08. The summed E-state index contributed by atoms with van der Waals surface area (Å²) in [5.74, 6) is 0.783. The molecular formula is C15H27N. The van der Waals surface area contributed by atoms with E-state index in [-0.39, 0.29) is 0 Å². The second-order valence-electron chi connectivity index (χ2n) is 4.18. The minimum Gasteiger partial charge on any atom is -0.333 e. The van der Waals surface area contributed by atoms with Gasteiger partial charge in [-0.25, -0.2) is 0 Å². The van der Waals surface area contributed by atoms with Gasteiger partial charge in [0, 0.05) is 0 Å². The minimum absolute atomic E-state index is 0.783. The molecule has 0 atom stereocenters. The summed E-state index contributed by atoms with van der Waals surface area (Å²) in [5.41, 5.74) is 7.39. The second-order valence-corrected chi connectivity index (χ2v) is 4.18. The van der Waals surface area contributed by atoms with Crippen LogP contribution in [0.25, 0.3) is 0 Å². The van der Waals surface area contributed by atoms with Crippen LogP contribution in [0, 0.1) is 6.92 Å². The van der Waals surface area contributed by atoms with Gasteiger partial charge in [-0.3, -0.25) is 0 Å². The molecule has 1 aromatic carbocycles. The maximum absolute atomic E-state index is 4.50. The maximum atomic E-state index is 4.50. The predicted octanol–water partition coefficient (Wildman–Crippen LogP) is 4.25. The fourth-order valence-electron chi connectivity index (χ4n) is 2.01. The van der Waals surface area contributed by atoms with E-state index >= 15 is 0 Å². The lowest BCUT2D eigenvalue weighted by Crippen LogP contribution is -1.97. The van der Waals surface area contributed by atoms with Gasteiger partial charge in [-0.15, -0.1) is 0 Å². The smallest absolute Gasteiger partial charge is 0.0162 e. The van der Waals surface area contributed by atoms with Crippen LogP contribution >= 0.6 is 0 Å². The molecule has 2 N–H and O–H groups in total. The van der Waals surface area contributed by atoms with Crippen molar-refractivity contribution in [1.82, 2.24) is 0 Å². The number of nitrogens with two attached hydrogens (primary N) is 1. The van der Waals surface area contributed by atoms with Crippen LogP contribution in [-0.4, -0.2) is 7.05 Å². The van der Waals surface area contributed by atoms with Crippen LogP contribution in [0.3, 0.4) is 0 Å². The molecule has 0 aliphatic rings. The minimum atomic E-state index is 0.783. The number of benzene rings is 1. The van der Waals surface area contributed by atoms with Gasteiger partial charge in [-0.2, -0.15) is 0 Å². The zero-order valence-electron chi connectivity index (χ0n) is 11.3. The molecule has 1 nitrogen and oxygen atoms in total. The third-order valence-electron chi connectivity index (χ3n) is 2.82. The summed E-state index contributed by atoms with van der Waals surface area (Å²) in [4.78, 5) is 0. The number of aryl methyl sites for hydroxylation is 1. The van der Waals surface area contributed by atoms with Crippen LogP contribution in [0.5, 0.6) is 0 Å². The van der Waals surface area contributed by atoms with Crippen LogP contribution in [0.4, 0.5) is 0 Å². The lowest BCUT2D eigenvalue weighted by Gasteiger charge is -2.15. The summed E-state index contributed by atoms with van der Waals surface area (Å²) in [7, 11) is 1.50. The van der Waals surface area contributed by atoms with Crippen molar-refractivity contribution in [2.75, 3.05) is 7.05 Å². The van der Waals surface area contributed by atoms with Gasteiger partial charge in [0.2, 0.25) is 0 Å². The van der Waals surface area contributed by atoms with Crippen molar-refractivity contribution in [2.45, 2.75) is 52.4 Å². The highest BCUT2D eigenvalue weighted by Crippen LogP contribution is 2.26. The highest BCUT2D eigenvalue weighted by molar-refractivity contribution is 5.24. The summed E-state index contributed by atoms with van der Waals surface area (Å²) < 4.78 is 0. The van der Waals surface area contributed by atoms with Crippen LogP contribution < -0.4 is 5.73 Å². The molecule has 0 radical (unpaired) electrons. The lowest BCUT2D eigenvalue weighted by atomic mass is 9.90. The molecule has 92 valence electrons. The third-order valence-corrected chi connectivity index (χ3v) is 2.82. The summed E-state index contributed by atoms with van der Waals surface area (Å²) in [6.07, 6.45) is 5.24. The maximum Gasteiger partial charge on any atom is -0.0162 e. The van der Waals surface area contributed by atoms with Crippen LogP contribution in [0.2, 0.25) is 0 Å². The molecule has 0 saturated heterocycles. The summed E-state index contributed by atoms with van der Waals surface area (Å²) in [5, 5.41) is 0. The van der Waals surface area contributed by atoms with Gasteiger partial charge in [0.15, 0.2) is 0 Å². The molecule has 0 spiro atoms. The van der Waals surface area contributed by atoms with E-state index in [1.165, 1.54) is 43.9 Å². The first kappa shape index (κ1) is 15.2. The molecule has 0 fully saturated rings. The standard InChI is InChI=1S/C14H22.CH5N/c1-4-6-13(7-5-2)14-10-8-12(3)9-11-14;1-2/h8-11,13H,4-7H2,1-3H3;2H2,1H3. The SMILES string of the molecule is CCCC(CCC)c1ccc(C)cc1.CN. The van der Waals surface area contributed by atoms with E-state index in [9.17, 15) is 0 Å². The highest BCUT2D eigenvalue weighted by atomic mass is 14.4. The normalized spacial score (nSPS) is 9.88. The molecule has 1 aromatic rings. The Kier molecular flexibility index (Phi) is 8.93. The van der Waals surface area contributed by atoms with Crippen molar-refractivity contribution >= 4 is 0 Å². The molecule has 0 aromatic heterocycles. The largest absolute Gasteiger partial charge is 0.333 e. The van der Waals surface area contributed by atoms with Gasteiger partial charge in [-0.05, 0) is 38.3 Å². The molecule has 0 unspecified atom stereocenters. The second kappa shape index (κ2) is 9.41. The van der Waals surface area contributed by atoms with E-state index in [0.717, 1.165) is 5.92 Å². The summed E-state index contributed by atoms with van der Waals surface area (Å²) in [6.45, 7) is 6.70. The Bertz CT molecular complexity index is 245. The van der Waals surface area contributed by atoms with Crippen molar-refractivity contribution in [3.05, 3.63) is 35.4 Å². The first-order valence-corrected chi connectivity index (χ1v) is 6.42. The fourth-order valence-corrected chi connectivity index (χ4v) is 2.01. The lowest BCUT2D eigenvalue weighted by molar-refractivity contribution is 0.561.